The summed E-state index contributed by atoms with van der Waals surface area (Å²) < 4.78 is 11.3. The van der Waals surface area contributed by atoms with Gasteiger partial charge in [-0.3, -0.25) is 0 Å². The lowest BCUT2D eigenvalue weighted by Crippen LogP contribution is -2.02. The topological polar surface area (TPSA) is 55.1 Å². The fraction of sp³-hybridized carbons (Fsp3) is 0.250. The highest BCUT2D eigenvalue weighted by molar-refractivity contribution is 6.17. The molecule has 0 fully saturated rings. The Labute approximate surface area is 128 Å². The zero-order chi connectivity index (χ0) is 15.1. The second-order valence-electron chi connectivity index (χ2n) is 4.26. The zero-order valence-corrected chi connectivity index (χ0v) is 12.4. The van der Waals surface area contributed by atoms with Crippen LogP contribution in [0, 0.1) is 11.3 Å². The number of halogens is 1. The Morgan fingerprint density at radius 1 is 1.24 bits per heavy atom. The monoisotopic (exact) mass is 302 g/mol. The van der Waals surface area contributed by atoms with Crippen LogP contribution < -0.4 is 9.47 Å². The summed E-state index contributed by atoms with van der Waals surface area (Å²) in [5.41, 5.74) is 2.07. The maximum Gasteiger partial charge on any atom is 0.161 e. The van der Waals surface area contributed by atoms with Crippen molar-refractivity contribution in [3.8, 4) is 17.6 Å². The summed E-state index contributed by atoms with van der Waals surface area (Å²) in [5, 5.41) is 9.02. The molecule has 108 valence electrons. The average Bonchev–Trinajstić information content (AvgIpc) is 2.54. The Morgan fingerprint density at radius 3 is 2.81 bits per heavy atom. The van der Waals surface area contributed by atoms with Crippen molar-refractivity contribution in [3.63, 3.8) is 0 Å². The van der Waals surface area contributed by atoms with Crippen LogP contribution in [0.3, 0.4) is 0 Å². The molecule has 0 amide bonds. The minimum atomic E-state index is 0.261. The van der Waals surface area contributed by atoms with Crippen LogP contribution in [0.5, 0.6) is 11.5 Å². The van der Waals surface area contributed by atoms with Crippen LogP contribution in [0.4, 0.5) is 0 Å². The summed E-state index contributed by atoms with van der Waals surface area (Å²) >= 11 is 5.82. The van der Waals surface area contributed by atoms with E-state index in [1.54, 1.807) is 12.3 Å². The molecule has 0 atom stereocenters. The minimum Gasteiger partial charge on any atom is -0.490 e. The van der Waals surface area contributed by atoms with Crippen molar-refractivity contribution in [3.05, 3.63) is 53.3 Å². The first-order valence-electron chi connectivity index (χ1n) is 6.57. The van der Waals surface area contributed by atoms with Gasteiger partial charge < -0.3 is 9.47 Å². The highest BCUT2D eigenvalue weighted by Gasteiger charge is 2.08. The number of hydrogen-bond donors (Lipinski definition) is 0. The molecule has 0 radical (unpaired) electrons. The van der Waals surface area contributed by atoms with E-state index in [9.17, 15) is 0 Å². The molecule has 21 heavy (non-hydrogen) atoms. The van der Waals surface area contributed by atoms with Crippen molar-refractivity contribution < 1.29 is 9.47 Å². The van der Waals surface area contributed by atoms with Crippen LogP contribution >= 0.6 is 11.6 Å². The number of rotatable bonds is 6. The Hall–Kier alpha value is -2.25. The second kappa shape index (κ2) is 7.51. The van der Waals surface area contributed by atoms with Gasteiger partial charge in [-0.2, -0.15) is 5.26 Å². The minimum absolute atomic E-state index is 0.261. The summed E-state index contributed by atoms with van der Waals surface area (Å²) in [5.74, 6) is 1.69. The third-order valence-corrected chi connectivity index (χ3v) is 3.15. The molecule has 2 rings (SSSR count). The molecule has 0 saturated carbocycles. The Kier molecular flexibility index (Phi) is 5.42. The van der Waals surface area contributed by atoms with Gasteiger partial charge in [0.1, 0.15) is 18.4 Å². The first-order valence-corrected chi connectivity index (χ1v) is 7.10. The van der Waals surface area contributed by atoms with Crippen molar-refractivity contribution in [2.24, 2.45) is 0 Å². The quantitative estimate of drug-likeness (QED) is 0.764. The van der Waals surface area contributed by atoms with Crippen molar-refractivity contribution >= 4 is 11.6 Å². The second-order valence-corrected chi connectivity index (χ2v) is 4.53. The van der Waals surface area contributed by atoms with Crippen molar-refractivity contribution in [1.29, 1.82) is 5.26 Å². The molecular weight excluding hydrogens is 288 g/mol. The third kappa shape index (κ3) is 3.87. The predicted molar refractivity (Wildman–Crippen MR) is 80.5 cm³/mol. The van der Waals surface area contributed by atoms with E-state index >= 15 is 0 Å². The van der Waals surface area contributed by atoms with Crippen LogP contribution in [-0.4, -0.2) is 11.6 Å². The molecule has 0 saturated heterocycles. The van der Waals surface area contributed by atoms with Gasteiger partial charge in [0.2, 0.25) is 0 Å². The Morgan fingerprint density at radius 2 is 2.10 bits per heavy atom. The SMILES string of the molecule is CCOc1cc(CCl)ccc1OCc1cccnc1C#N. The summed E-state index contributed by atoms with van der Waals surface area (Å²) in [4.78, 5) is 4.01. The average molecular weight is 303 g/mol. The maximum absolute atomic E-state index is 9.02. The van der Waals surface area contributed by atoms with Gasteiger partial charge in [0.15, 0.2) is 11.5 Å². The number of benzene rings is 1. The van der Waals surface area contributed by atoms with E-state index in [-0.39, 0.29) is 6.61 Å². The van der Waals surface area contributed by atoms with Gasteiger partial charge in [0, 0.05) is 17.6 Å². The van der Waals surface area contributed by atoms with Crippen LogP contribution in [0.25, 0.3) is 0 Å². The van der Waals surface area contributed by atoms with Gasteiger partial charge in [-0.25, -0.2) is 4.98 Å². The molecule has 1 aromatic heterocycles. The van der Waals surface area contributed by atoms with E-state index in [0.29, 0.717) is 29.7 Å². The molecule has 0 unspecified atom stereocenters. The molecule has 2 aromatic rings. The van der Waals surface area contributed by atoms with E-state index in [4.69, 9.17) is 26.3 Å². The number of hydrogen-bond acceptors (Lipinski definition) is 4. The molecule has 0 N–H and O–H groups in total. The van der Waals surface area contributed by atoms with E-state index in [1.807, 2.05) is 31.2 Å². The Bertz CT molecular complexity index is 653. The Balaban J connectivity index is 2.17. The van der Waals surface area contributed by atoms with E-state index in [1.165, 1.54) is 0 Å². The van der Waals surface area contributed by atoms with Crippen molar-refractivity contribution in [1.82, 2.24) is 4.98 Å². The smallest absolute Gasteiger partial charge is 0.161 e. The maximum atomic E-state index is 9.02. The lowest BCUT2D eigenvalue weighted by atomic mass is 10.2. The predicted octanol–water partition coefficient (Wildman–Crippen LogP) is 3.67. The van der Waals surface area contributed by atoms with Crippen LogP contribution in [-0.2, 0) is 12.5 Å². The van der Waals surface area contributed by atoms with E-state index in [2.05, 4.69) is 11.1 Å². The molecule has 5 heteroatoms. The van der Waals surface area contributed by atoms with Crippen LogP contribution in [0.1, 0.15) is 23.7 Å². The molecule has 0 bridgehead atoms. The fourth-order valence-electron chi connectivity index (χ4n) is 1.83. The molecule has 1 aromatic carbocycles. The normalized spacial score (nSPS) is 9.95. The first-order chi connectivity index (χ1) is 10.3. The van der Waals surface area contributed by atoms with Gasteiger partial charge in [-0.15, -0.1) is 11.6 Å². The highest BCUT2D eigenvalue weighted by Crippen LogP contribution is 2.30. The van der Waals surface area contributed by atoms with Crippen molar-refractivity contribution in [2.45, 2.75) is 19.4 Å². The molecule has 0 aliphatic heterocycles. The highest BCUT2D eigenvalue weighted by atomic mass is 35.5. The summed E-state index contributed by atoms with van der Waals surface area (Å²) in [7, 11) is 0. The van der Waals surface area contributed by atoms with Crippen LogP contribution in [0.2, 0.25) is 0 Å². The standard InChI is InChI=1S/C16H15ClN2O2/c1-2-20-16-8-12(9-17)5-6-15(16)21-11-13-4-3-7-19-14(13)10-18/h3-8H,2,9,11H2,1H3. The summed E-state index contributed by atoms with van der Waals surface area (Å²) in [6, 6.07) is 11.2. The van der Waals surface area contributed by atoms with Gasteiger partial charge in [0.05, 0.1) is 6.61 Å². The number of aromatic nitrogens is 1. The molecule has 0 aliphatic rings. The number of nitriles is 1. The summed E-state index contributed by atoms with van der Waals surface area (Å²) in [6.07, 6.45) is 1.59. The number of nitrogens with zero attached hydrogens (tertiary/aromatic N) is 2. The lowest BCUT2D eigenvalue weighted by Gasteiger charge is -2.13. The van der Waals surface area contributed by atoms with E-state index in [0.717, 1.165) is 11.1 Å². The van der Waals surface area contributed by atoms with Crippen LogP contribution in [0.15, 0.2) is 36.5 Å². The molecule has 0 spiro atoms. The molecular formula is C16H15ClN2O2. The molecule has 0 aliphatic carbocycles. The largest absolute Gasteiger partial charge is 0.490 e. The molecule has 4 nitrogen and oxygen atoms in total. The van der Waals surface area contributed by atoms with Gasteiger partial charge in [-0.05, 0) is 30.7 Å². The number of ether oxygens (including phenoxy) is 2. The van der Waals surface area contributed by atoms with Gasteiger partial charge in [-0.1, -0.05) is 12.1 Å². The molecule has 1 heterocycles. The van der Waals surface area contributed by atoms with Gasteiger partial charge >= 0.3 is 0 Å². The lowest BCUT2D eigenvalue weighted by molar-refractivity contribution is 0.268. The van der Waals surface area contributed by atoms with Crippen molar-refractivity contribution in [2.75, 3.05) is 6.61 Å². The summed E-state index contributed by atoms with van der Waals surface area (Å²) in [6.45, 7) is 2.71. The third-order valence-electron chi connectivity index (χ3n) is 2.84. The number of pyridine rings is 1. The van der Waals surface area contributed by atoms with Gasteiger partial charge in [0.25, 0.3) is 0 Å². The number of alkyl halides is 1. The fourth-order valence-corrected chi connectivity index (χ4v) is 2.00. The van der Waals surface area contributed by atoms with E-state index < -0.39 is 0 Å². The first kappa shape index (κ1) is 15.1. The zero-order valence-electron chi connectivity index (χ0n) is 11.7.